The van der Waals surface area contributed by atoms with Gasteiger partial charge in [-0.1, -0.05) is 11.6 Å². The molecule has 1 saturated carbocycles. The Kier molecular flexibility index (Phi) is 4.40. The van der Waals surface area contributed by atoms with Crippen molar-refractivity contribution in [1.29, 1.82) is 0 Å². The van der Waals surface area contributed by atoms with E-state index < -0.39 is 0 Å². The molecule has 0 amide bonds. The second-order valence-corrected chi connectivity index (χ2v) is 5.33. The van der Waals surface area contributed by atoms with Gasteiger partial charge in [-0.3, -0.25) is 9.48 Å². The zero-order valence-electron chi connectivity index (χ0n) is 11.0. The van der Waals surface area contributed by atoms with Gasteiger partial charge in [-0.15, -0.1) is 0 Å². The first kappa shape index (κ1) is 13.6. The fourth-order valence-electron chi connectivity index (χ4n) is 2.02. The average Bonchev–Trinajstić information content (AvgIpc) is 3.12. The number of hydrogen-bond donors (Lipinski definition) is 1. The number of nitrogens with one attached hydrogen (secondary N) is 1. The molecular formula is C13H20ClN3O. The van der Waals surface area contributed by atoms with Crippen LogP contribution in [0.1, 0.15) is 31.2 Å². The van der Waals surface area contributed by atoms with Gasteiger partial charge in [0.2, 0.25) is 0 Å². The van der Waals surface area contributed by atoms with Crippen molar-refractivity contribution in [2.75, 3.05) is 13.1 Å². The number of halogens is 1. The first-order valence-corrected chi connectivity index (χ1v) is 6.93. The fraction of sp³-hybridized carbons (Fsp3) is 0.692. The zero-order chi connectivity index (χ0) is 13.1. The van der Waals surface area contributed by atoms with Crippen molar-refractivity contribution in [1.82, 2.24) is 15.1 Å². The maximum absolute atomic E-state index is 11.9. The summed E-state index contributed by atoms with van der Waals surface area (Å²) in [6.07, 6.45) is 2.97. The van der Waals surface area contributed by atoms with Crippen LogP contribution in [-0.2, 0) is 17.8 Å². The van der Waals surface area contributed by atoms with E-state index in [1.54, 1.807) is 0 Å². The predicted molar refractivity (Wildman–Crippen MR) is 72.0 cm³/mol. The van der Waals surface area contributed by atoms with Crippen molar-refractivity contribution >= 4 is 17.4 Å². The molecule has 1 aliphatic rings. The van der Waals surface area contributed by atoms with Crippen LogP contribution in [0.25, 0.3) is 0 Å². The first-order valence-electron chi connectivity index (χ1n) is 6.56. The van der Waals surface area contributed by atoms with Gasteiger partial charge in [0.05, 0.1) is 29.4 Å². The molecule has 0 atom stereocenters. The Balaban J connectivity index is 1.88. The zero-order valence-corrected chi connectivity index (χ0v) is 11.8. The molecule has 0 spiro atoms. The average molecular weight is 270 g/mol. The van der Waals surface area contributed by atoms with Crippen LogP contribution in [0.4, 0.5) is 0 Å². The third kappa shape index (κ3) is 3.33. The molecule has 1 fully saturated rings. The van der Waals surface area contributed by atoms with E-state index in [0.717, 1.165) is 30.4 Å². The SMILES string of the molecule is CCn1nc(C)c(Cl)c1CC(=O)CNCC1CC1. The second kappa shape index (κ2) is 5.85. The lowest BCUT2D eigenvalue weighted by atomic mass is 10.2. The molecule has 0 aromatic carbocycles. The highest BCUT2D eigenvalue weighted by atomic mass is 35.5. The summed E-state index contributed by atoms with van der Waals surface area (Å²) in [6.45, 7) is 6.01. The molecule has 1 heterocycles. The summed E-state index contributed by atoms with van der Waals surface area (Å²) < 4.78 is 1.82. The Hall–Kier alpha value is -0.870. The molecular weight excluding hydrogens is 250 g/mol. The van der Waals surface area contributed by atoms with E-state index >= 15 is 0 Å². The van der Waals surface area contributed by atoms with Crippen LogP contribution in [0.2, 0.25) is 5.02 Å². The van der Waals surface area contributed by atoms with Crippen LogP contribution in [0.3, 0.4) is 0 Å². The molecule has 2 rings (SSSR count). The van der Waals surface area contributed by atoms with E-state index in [1.807, 2.05) is 18.5 Å². The van der Waals surface area contributed by atoms with E-state index in [2.05, 4.69) is 10.4 Å². The molecule has 0 radical (unpaired) electrons. The monoisotopic (exact) mass is 269 g/mol. The van der Waals surface area contributed by atoms with Crippen LogP contribution < -0.4 is 5.32 Å². The minimum Gasteiger partial charge on any atom is -0.310 e. The van der Waals surface area contributed by atoms with Gasteiger partial charge in [0.1, 0.15) is 0 Å². The lowest BCUT2D eigenvalue weighted by molar-refractivity contribution is -0.117. The minimum absolute atomic E-state index is 0.173. The van der Waals surface area contributed by atoms with Gasteiger partial charge in [-0.05, 0) is 39.2 Å². The van der Waals surface area contributed by atoms with Crippen LogP contribution in [-0.4, -0.2) is 28.7 Å². The lowest BCUT2D eigenvalue weighted by Gasteiger charge is -2.06. The van der Waals surface area contributed by atoms with Crippen LogP contribution in [0.5, 0.6) is 0 Å². The maximum Gasteiger partial charge on any atom is 0.152 e. The number of ketones is 1. The molecule has 0 unspecified atom stereocenters. The summed E-state index contributed by atoms with van der Waals surface area (Å²) in [5, 5.41) is 8.15. The molecule has 1 aromatic heterocycles. The van der Waals surface area contributed by atoms with Crippen molar-refractivity contribution in [3.05, 3.63) is 16.4 Å². The third-order valence-corrected chi connectivity index (χ3v) is 3.76. The Morgan fingerprint density at radius 1 is 1.56 bits per heavy atom. The summed E-state index contributed by atoms with van der Waals surface area (Å²) in [6, 6.07) is 0. The highest BCUT2D eigenvalue weighted by Crippen LogP contribution is 2.27. The van der Waals surface area contributed by atoms with Crippen LogP contribution >= 0.6 is 11.6 Å². The summed E-state index contributed by atoms with van der Waals surface area (Å²) in [5.74, 6) is 0.969. The van der Waals surface area contributed by atoms with E-state index in [4.69, 9.17) is 11.6 Å². The lowest BCUT2D eigenvalue weighted by Crippen LogP contribution is -2.26. The fourth-order valence-corrected chi connectivity index (χ4v) is 2.23. The van der Waals surface area contributed by atoms with Gasteiger partial charge in [-0.25, -0.2) is 0 Å². The normalized spacial score (nSPS) is 15.1. The molecule has 5 heteroatoms. The van der Waals surface area contributed by atoms with Crippen molar-refractivity contribution in [3.63, 3.8) is 0 Å². The number of aromatic nitrogens is 2. The number of rotatable bonds is 7. The van der Waals surface area contributed by atoms with Gasteiger partial charge >= 0.3 is 0 Å². The largest absolute Gasteiger partial charge is 0.310 e. The second-order valence-electron chi connectivity index (χ2n) is 4.95. The number of carbonyl (C=O) groups excluding carboxylic acids is 1. The van der Waals surface area contributed by atoms with E-state index in [9.17, 15) is 4.79 Å². The summed E-state index contributed by atoms with van der Waals surface area (Å²) in [7, 11) is 0. The number of nitrogens with zero attached hydrogens (tertiary/aromatic N) is 2. The number of aryl methyl sites for hydroxylation is 2. The smallest absolute Gasteiger partial charge is 0.152 e. The summed E-state index contributed by atoms with van der Waals surface area (Å²) in [4.78, 5) is 11.9. The van der Waals surface area contributed by atoms with Crippen molar-refractivity contribution < 1.29 is 4.79 Å². The highest BCUT2D eigenvalue weighted by molar-refractivity contribution is 6.32. The van der Waals surface area contributed by atoms with Crippen molar-refractivity contribution in [2.45, 2.75) is 39.7 Å². The van der Waals surface area contributed by atoms with Gasteiger partial charge in [0, 0.05) is 6.54 Å². The van der Waals surface area contributed by atoms with Crippen LogP contribution in [0.15, 0.2) is 0 Å². The minimum atomic E-state index is 0.173. The molecule has 4 nitrogen and oxygen atoms in total. The Bertz CT molecular complexity index is 438. The van der Waals surface area contributed by atoms with E-state index in [0.29, 0.717) is 18.0 Å². The molecule has 0 saturated heterocycles. The Morgan fingerprint density at radius 3 is 2.89 bits per heavy atom. The first-order chi connectivity index (χ1) is 8.61. The van der Waals surface area contributed by atoms with Gasteiger partial charge in [-0.2, -0.15) is 5.10 Å². The Morgan fingerprint density at radius 2 is 2.28 bits per heavy atom. The summed E-state index contributed by atoms with van der Waals surface area (Å²) in [5.41, 5.74) is 1.64. The van der Waals surface area contributed by atoms with Gasteiger partial charge in [0.15, 0.2) is 5.78 Å². The number of hydrogen-bond acceptors (Lipinski definition) is 3. The van der Waals surface area contributed by atoms with E-state index in [-0.39, 0.29) is 5.78 Å². The molecule has 0 aliphatic heterocycles. The van der Waals surface area contributed by atoms with E-state index in [1.165, 1.54) is 12.8 Å². The Labute approximate surface area is 113 Å². The van der Waals surface area contributed by atoms with Gasteiger partial charge in [0.25, 0.3) is 0 Å². The van der Waals surface area contributed by atoms with Crippen molar-refractivity contribution in [2.24, 2.45) is 5.92 Å². The molecule has 0 bridgehead atoms. The van der Waals surface area contributed by atoms with Crippen LogP contribution in [0, 0.1) is 12.8 Å². The standard InChI is InChI=1S/C13H20ClN3O/c1-3-17-12(13(14)9(2)16-17)6-11(18)8-15-7-10-4-5-10/h10,15H,3-8H2,1-2H3. The maximum atomic E-state index is 11.9. The molecule has 1 N–H and O–H groups in total. The number of carbonyl (C=O) groups is 1. The van der Waals surface area contributed by atoms with Crippen molar-refractivity contribution in [3.8, 4) is 0 Å². The molecule has 18 heavy (non-hydrogen) atoms. The topological polar surface area (TPSA) is 46.9 Å². The van der Waals surface area contributed by atoms with Gasteiger partial charge < -0.3 is 5.32 Å². The molecule has 100 valence electrons. The molecule has 1 aromatic rings. The predicted octanol–water partition coefficient (Wildman–Crippen LogP) is 1.98. The third-order valence-electron chi connectivity index (χ3n) is 3.27. The molecule has 1 aliphatic carbocycles. The number of Topliss-reactive ketones (excluding diaryl/α,β-unsaturated/α-hetero) is 1. The highest BCUT2D eigenvalue weighted by Gasteiger charge is 2.21. The quantitative estimate of drug-likeness (QED) is 0.823. The summed E-state index contributed by atoms with van der Waals surface area (Å²) >= 11 is 6.18.